The average molecular weight is 529 g/mol. The van der Waals surface area contributed by atoms with Crippen molar-refractivity contribution in [1.29, 1.82) is 0 Å². The highest BCUT2D eigenvalue weighted by Crippen LogP contribution is 2.28. The first-order valence-corrected chi connectivity index (χ1v) is 13.0. The van der Waals surface area contributed by atoms with E-state index < -0.39 is 0 Å². The number of aromatic nitrogens is 5. The molecule has 202 valence electrons. The molecule has 39 heavy (non-hydrogen) atoms. The van der Waals surface area contributed by atoms with Crippen molar-refractivity contribution in [2.75, 3.05) is 13.7 Å². The van der Waals surface area contributed by atoms with Gasteiger partial charge in [-0.3, -0.25) is 9.69 Å². The van der Waals surface area contributed by atoms with Crippen LogP contribution in [0, 0.1) is 0 Å². The second-order valence-corrected chi connectivity index (χ2v) is 9.26. The van der Waals surface area contributed by atoms with Gasteiger partial charge in [0.15, 0.2) is 5.82 Å². The number of furan rings is 1. The zero-order valence-electron chi connectivity index (χ0n) is 22.3. The molecule has 0 aliphatic rings. The third kappa shape index (κ3) is 6.01. The summed E-state index contributed by atoms with van der Waals surface area (Å²) in [4.78, 5) is 18.3. The molecular formula is C29H32N6O4. The Balaban J connectivity index is 1.48. The van der Waals surface area contributed by atoms with E-state index in [9.17, 15) is 4.79 Å². The van der Waals surface area contributed by atoms with Crippen LogP contribution in [-0.2, 0) is 19.6 Å². The number of methoxy groups -OCH3 is 1. The van der Waals surface area contributed by atoms with Gasteiger partial charge in [0.05, 0.1) is 39.1 Å². The van der Waals surface area contributed by atoms with Crippen molar-refractivity contribution < 1.29 is 13.9 Å². The normalized spacial score (nSPS) is 12.2. The van der Waals surface area contributed by atoms with Gasteiger partial charge in [0.1, 0.15) is 17.3 Å². The third-order valence-electron chi connectivity index (χ3n) is 6.69. The first kappa shape index (κ1) is 26.2. The zero-order valence-corrected chi connectivity index (χ0v) is 22.3. The first-order chi connectivity index (χ1) is 19.1. The number of rotatable bonds is 12. The molecule has 3 aromatic heterocycles. The fraction of sp³-hybridized carbons (Fsp3) is 0.310. The quantitative estimate of drug-likeness (QED) is 0.248. The maximum Gasteiger partial charge on any atom is 0.252 e. The van der Waals surface area contributed by atoms with Gasteiger partial charge in [0.2, 0.25) is 0 Å². The van der Waals surface area contributed by atoms with Crippen LogP contribution in [0.2, 0.25) is 0 Å². The molecular weight excluding hydrogens is 496 g/mol. The molecule has 0 spiro atoms. The molecule has 0 amide bonds. The maximum atomic E-state index is 13.1. The van der Waals surface area contributed by atoms with E-state index in [1.165, 1.54) is 0 Å². The van der Waals surface area contributed by atoms with Gasteiger partial charge in [-0.25, -0.2) is 4.68 Å². The van der Waals surface area contributed by atoms with Crippen LogP contribution in [0.3, 0.4) is 0 Å². The Morgan fingerprint density at radius 2 is 1.87 bits per heavy atom. The Bertz CT molecular complexity index is 1560. The topological polar surface area (TPSA) is 111 Å². The Labute approximate surface area is 226 Å². The number of nitrogens with one attached hydrogen (secondary N) is 1. The summed E-state index contributed by atoms with van der Waals surface area (Å²) in [5, 5.41) is 13.6. The summed E-state index contributed by atoms with van der Waals surface area (Å²) >= 11 is 0. The number of ether oxygens (including phenoxy) is 2. The van der Waals surface area contributed by atoms with Crippen molar-refractivity contribution >= 4 is 10.9 Å². The largest absolute Gasteiger partial charge is 0.497 e. The summed E-state index contributed by atoms with van der Waals surface area (Å²) in [6, 6.07) is 19.1. The number of pyridine rings is 1. The van der Waals surface area contributed by atoms with Crippen molar-refractivity contribution in [3.05, 3.63) is 100.0 Å². The van der Waals surface area contributed by atoms with Gasteiger partial charge >= 0.3 is 0 Å². The molecule has 0 bridgehead atoms. The second-order valence-electron chi connectivity index (χ2n) is 9.26. The minimum Gasteiger partial charge on any atom is -0.497 e. The lowest BCUT2D eigenvalue weighted by atomic mass is 10.1. The van der Waals surface area contributed by atoms with Crippen LogP contribution >= 0.6 is 0 Å². The van der Waals surface area contributed by atoms with E-state index in [-0.39, 0.29) is 11.6 Å². The molecule has 5 aromatic rings. The average Bonchev–Trinajstić information content (AvgIpc) is 3.63. The van der Waals surface area contributed by atoms with E-state index in [1.54, 1.807) is 13.4 Å². The minimum absolute atomic E-state index is 0.135. The van der Waals surface area contributed by atoms with Crippen LogP contribution in [0.15, 0.2) is 76.1 Å². The summed E-state index contributed by atoms with van der Waals surface area (Å²) in [6.07, 6.45) is 2.38. The highest BCUT2D eigenvalue weighted by molar-refractivity contribution is 5.80. The summed E-state index contributed by atoms with van der Waals surface area (Å²) in [6.45, 7) is 5.97. The van der Waals surface area contributed by atoms with Gasteiger partial charge < -0.3 is 18.9 Å². The SMILES string of the molecule is CCOc1ccc2[nH]c(=O)c(CN(Cc3ccco3)[C@@H](CC)c3nnnn3Cc3ccc(OC)cc3)cc2c1. The number of H-pyrrole nitrogens is 1. The molecule has 0 fully saturated rings. The molecule has 0 saturated heterocycles. The van der Waals surface area contributed by atoms with Crippen LogP contribution in [0.25, 0.3) is 10.9 Å². The van der Waals surface area contributed by atoms with Crippen molar-refractivity contribution in [3.8, 4) is 11.5 Å². The maximum absolute atomic E-state index is 13.1. The standard InChI is InChI=1S/C29H32N6O4/c1-4-27(28-31-32-33-35(28)17-20-8-10-23(37-3)11-9-20)34(19-25-7-6-14-39-25)18-22-15-21-16-24(38-5-2)12-13-26(21)30-29(22)36/h6-16,27H,4-5,17-19H2,1-3H3,(H,30,36)/t27-/m0/s1. The molecule has 10 nitrogen and oxygen atoms in total. The highest BCUT2D eigenvalue weighted by atomic mass is 16.5. The lowest BCUT2D eigenvalue weighted by molar-refractivity contribution is 0.149. The zero-order chi connectivity index (χ0) is 27.2. The van der Waals surface area contributed by atoms with Gasteiger partial charge in [-0.2, -0.15) is 0 Å². The number of nitrogens with zero attached hydrogens (tertiary/aromatic N) is 5. The van der Waals surface area contributed by atoms with Crippen molar-refractivity contribution in [2.24, 2.45) is 0 Å². The van der Waals surface area contributed by atoms with Gasteiger partial charge in [0, 0.05) is 23.0 Å². The molecule has 1 N–H and O–H groups in total. The van der Waals surface area contributed by atoms with Gasteiger partial charge in [0.25, 0.3) is 5.56 Å². The van der Waals surface area contributed by atoms with E-state index in [0.29, 0.717) is 31.8 Å². The summed E-state index contributed by atoms with van der Waals surface area (Å²) in [5.74, 6) is 3.06. The van der Waals surface area contributed by atoms with Crippen molar-refractivity contribution in [3.63, 3.8) is 0 Å². The lowest BCUT2D eigenvalue weighted by Gasteiger charge is -2.29. The molecule has 1 atom stereocenters. The minimum atomic E-state index is -0.173. The number of tetrazole rings is 1. The van der Waals surface area contributed by atoms with Crippen LogP contribution < -0.4 is 15.0 Å². The van der Waals surface area contributed by atoms with E-state index in [4.69, 9.17) is 13.9 Å². The van der Waals surface area contributed by atoms with Crippen LogP contribution in [0.1, 0.15) is 49.0 Å². The molecule has 10 heteroatoms. The number of hydrogen-bond donors (Lipinski definition) is 1. The summed E-state index contributed by atoms with van der Waals surface area (Å²) in [7, 11) is 1.65. The predicted octanol–water partition coefficient (Wildman–Crippen LogP) is 4.72. The Kier molecular flexibility index (Phi) is 8.02. The molecule has 0 unspecified atom stereocenters. The number of hydrogen-bond acceptors (Lipinski definition) is 8. The van der Waals surface area contributed by atoms with E-state index in [0.717, 1.165) is 46.0 Å². The van der Waals surface area contributed by atoms with Crippen molar-refractivity contribution in [2.45, 2.75) is 45.9 Å². The Morgan fingerprint density at radius 3 is 2.59 bits per heavy atom. The van der Waals surface area contributed by atoms with Gasteiger partial charge in [-0.1, -0.05) is 19.1 Å². The molecule has 0 radical (unpaired) electrons. The molecule has 0 aliphatic carbocycles. The van der Waals surface area contributed by atoms with Gasteiger partial charge in [-0.05, 0) is 77.9 Å². The van der Waals surface area contributed by atoms with Crippen LogP contribution in [-0.4, -0.2) is 43.8 Å². The first-order valence-electron chi connectivity index (χ1n) is 13.0. The van der Waals surface area contributed by atoms with Crippen LogP contribution in [0.4, 0.5) is 0 Å². The second kappa shape index (κ2) is 12.0. The van der Waals surface area contributed by atoms with Crippen molar-refractivity contribution in [1.82, 2.24) is 30.1 Å². The molecule has 0 aliphatic heterocycles. The Morgan fingerprint density at radius 1 is 1.05 bits per heavy atom. The monoisotopic (exact) mass is 528 g/mol. The number of fused-ring (bicyclic) bond motifs is 1. The summed E-state index contributed by atoms with van der Waals surface area (Å²) < 4.78 is 18.4. The predicted molar refractivity (Wildman–Crippen MR) is 147 cm³/mol. The van der Waals surface area contributed by atoms with E-state index >= 15 is 0 Å². The smallest absolute Gasteiger partial charge is 0.252 e. The fourth-order valence-electron chi connectivity index (χ4n) is 4.77. The lowest BCUT2D eigenvalue weighted by Crippen LogP contribution is -2.32. The number of benzene rings is 2. The molecule has 3 heterocycles. The third-order valence-corrected chi connectivity index (χ3v) is 6.69. The van der Waals surface area contributed by atoms with E-state index in [2.05, 4.69) is 32.3 Å². The van der Waals surface area contributed by atoms with E-state index in [1.807, 2.05) is 72.3 Å². The molecule has 2 aromatic carbocycles. The molecule has 5 rings (SSSR count). The van der Waals surface area contributed by atoms with Gasteiger partial charge in [-0.15, -0.1) is 5.10 Å². The highest BCUT2D eigenvalue weighted by Gasteiger charge is 2.27. The fourth-order valence-corrected chi connectivity index (χ4v) is 4.77. The molecule has 0 saturated carbocycles. The summed E-state index contributed by atoms with van der Waals surface area (Å²) in [5.41, 5.74) is 2.31. The van der Waals surface area contributed by atoms with Crippen LogP contribution in [0.5, 0.6) is 11.5 Å². The number of aromatic amines is 1. The Hall–Kier alpha value is -4.44.